The zero-order valence-corrected chi connectivity index (χ0v) is 12.5. The van der Waals surface area contributed by atoms with Crippen LogP contribution in [0.5, 0.6) is 0 Å². The number of rotatable bonds is 4. The average Bonchev–Trinajstić information content (AvgIpc) is 3.08. The lowest BCUT2D eigenvalue weighted by Crippen LogP contribution is -2.49. The molecule has 0 radical (unpaired) electrons. The number of piperazine rings is 1. The van der Waals surface area contributed by atoms with Gasteiger partial charge in [-0.15, -0.1) is 0 Å². The van der Waals surface area contributed by atoms with Gasteiger partial charge in [0.05, 0.1) is 0 Å². The molecule has 19 heavy (non-hydrogen) atoms. The Morgan fingerprint density at radius 2 is 2.16 bits per heavy atom. The minimum Gasteiger partial charge on any atom is -0.345 e. The third-order valence-corrected chi connectivity index (χ3v) is 4.85. The molecule has 1 unspecified atom stereocenters. The second-order valence-electron chi connectivity index (χ2n) is 5.42. The van der Waals surface area contributed by atoms with Crippen molar-refractivity contribution in [1.82, 2.24) is 19.6 Å². The van der Waals surface area contributed by atoms with Crippen molar-refractivity contribution in [3.8, 4) is 0 Å². The molecular weight excluding hydrogens is 258 g/mol. The van der Waals surface area contributed by atoms with Crippen LogP contribution in [0.3, 0.4) is 0 Å². The Balaban J connectivity index is 1.58. The second kappa shape index (κ2) is 6.15. The van der Waals surface area contributed by atoms with Crippen LogP contribution in [0.4, 0.5) is 5.13 Å². The molecule has 2 saturated heterocycles. The van der Waals surface area contributed by atoms with Crippen LogP contribution < -0.4 is 10.2 Å². The Kier molecular flexibility index (Phi) is 4.30. The van der Waals surface area contributed by atoms with Crippen LogP contribution in [-0.2, 0) is 6.42 Å². The highest BCUT2D eigenvalue weighted by Gasteiger charge is 2.29. The first-order valence-corrected chi connectivity index (χ1v) is 8.16. The molecule has 5 nitrogen and oxygen atoms in total. The van der Waals surface area contributed by atoms with E-state index in [0.29, 0.717) is 6.04 Å². The quantitative estimate of drug-likeness (QED) is 0.891. The smallest absolute Gasteiger partial charge is 0.205 e. The standard InChI is InChI=1S/C13H23N5S/c1-2-3-12-15-13(19-16-12)18-7-4-11(10-18)17-8-5-14-6-9-17/h11,14H,2-10H2,1H3. The van der Waals surface area contributed by atoms with E-state index in [1.165, 1.54) is 19.5 Å². The van der Waals surface area contributed by atoms with Crippen LogP contribution >= 0.6 is 11.5 Å². The van der Waals surface area contributed by atoms with E-state index in [2.05, 4.69) is 31.4 Å². The van der Waals surface area contributed by atoms with Gasteiger partial charge in [0.25, 0.3) is 0 Å². The first-order valence-electron chi connectivity index (χ1n) is 7.39. The first kappa shape index (κ1) is 13.3. The van der Waals surface area contributed by atoms with E-state index in [9.17, 15) is 0 Å². The van der Waals surface area contributed by atoms with Gasteiger partial charge in [-0.3, -0.25) is 4.90 Å². The first-order chi connectivity index (χ1) is 9.36. The zero-order valence-electron chi connectivity index (χ0n) is 11.6. The fourth-order valence-electron chi connectivity index (χ4n) is 2.96. The molecule has 0 bridgehead atoms. The van der Waals surface area contributed by atoms with Crippen molar-refractivity contribution in [3.63, 3.8) is 0 Å². The van der Waals surface area contributed by atoms with Gasteiger partial charge in [0.2, 0.25) is 5.13 Å². The lowest BCUT2D eigenvalue weighted by Gasteiger charge is -2.32. The van der Waals surface area contributed by atoms with Gasteiger partial charge in [-0.1, -0.05) is 6.92 Å². The summed E-state index contributed by atoms with van der Waals surface area (Å²) >= 11 is 1.57. The second-order valence-corrected chi connectivity index (χ2v) is 6.15. The lowest BCUT2D eigenvalue weighted by molar-refractivity contribution is 0.185. The van der Waals surface area contributed by atoms with Crippen molar-refractivity contribution in [2.45, 2.75) is 32.2 Å². The van der Waals surface area contributed by atoms with Crippen LogP contribution in [-0.4, -0.2) is 59.6 Å². The SMILES string of the molecule is CCCc1nsc(N2CCC(N3CCNCC3)C2)n1. The van der Waals surface area contributed by atoms with E-state index in [4.69, 9.17) is 0 Å². The van der Waals surface area contributed by atoms with E-state index >= 15 is 0 Å². The molecule has 1 atom stereocenters. The van der Waals surface area contributed by atoms with E-state index in [0.717, 1.165) is 50.0 Å². The molecule has 0 spiro atoms. The van der Waals surface area contributed by atoms with Crippen LogP contribution in [0.1, 0.15) is 25.6 Å². The van der Waals surface area contributed by atoms with Crippen molar-refractivity contribution in [1.29, 1.82) is 0 Å². The van der Waals surface area contributed by atoms with Gasteiger partial charge < -0.3 is 10.2 Å². The predicted octanol–water partition coefficient (Wildman–Crippen LogP) is 0.974. The molecule has 0 saturated carbocycles. The van der Waals surface area contributed by atoms with Crippen LogP contribution in [0, 0.1) is 0 Å². The predicted molar refractivity (Wildman–Crippen MR) is 79.0 cm³/mol. The zero-order chi connectivity index (χ0) is 13.1. The molecule has 0 aliphatic carbocycles. The molecular formula is C13H23N5S. The number of aromatic nitrogens is 2. The molecule has 2 fully saturated rings. The van der Waals surface area contributed by atoms with Crippen molar-refractivity contribution < 1.29 is 0 Å². The third kappa shape index (κ3) is 3.07. The normalized spacial score (nSPS) is 25.1. The number of nitrogens with zero attached hydrogens (tertiary/aromatic N) is 4. The Morgan fingerprint density at radius 1 is 1.32 bits per heavy atom. The maximum atomic E-state index is 4.66. The molecule has 6 heteroatoms. The summed E-state index contributed by atoms with van der Waals surface area (Å²) in [5, 5.41) is 4.55. The summed E-state index contributed by atoms with van der Waals surface area (Å²) in [5.74, 6) is 1.02. The molecule has 106 valence electrons. The fourth-order valence-corrected chi connectivity index (χ4v) is 3.71. The molecule has 2 aliphatic rings. The van der Waals surface area contributed by atoms with Gasteiger partial charge in [-0.05, 0) is 12.8 Å². The Morgan fingerprint density at radius 3 is 2.95 bits per heavy atom. The largest absolute Gasteiger partial charge is 0.345 e. The van der Waals surface area contributed by atoms with Crippen molar-refractivity contribution in [2.24, 2.45) is 0 Å². The number of anilines is 1. The Hall–Kier alpha value is -0.720. The summed E-state index contributed by atoms with van der Waals surface area (Å²) in [7, 11) is 0. The van der Waals surface area contributed by atoms with Crippen molar-refractivity contribution in [2.75, 3.05) is 44.2 Å². The van der Waals surface area contributed by atoms with E-state index in [1.54, 1.807) is 11.5 Å². The van der Waals surface area contributed by atoms with Crippen molar-refractivity contribution in [3.05, 3.63) is 5.82 Å². The van der Waals surface area contributed by atoms with E-state index < -0.39 is 0 Å². The number of nitrogens with one attached hydrogen (secondary N) is 1. The summed E-state index contributed by atoms with van der Waals surface area (Å²) in [5.41, 5.74) is 0. The molecule has 1 aromatic rings. The monoisotopic (exact) mass is 281 g/mol. The topological polar surface area (TPSA) is 44.3 Å². The highest BCUT2D eigenvalue weighted by molar-refractivity contribution is 7.09. The molecule has 0 amide bonds. The summed E-state index contributed by atoms with van der Waals surface area (Å²) in [6.07, 6.45) is 3.40. The van der Waals surface area contributed by atoms with Gasteiger partial charge in [-0.25, -0.2) is 4.98 Å². The summed E-state index contributed by atoms with van der Waals surface area (Å²) in [6.45, 7) is 9.09. The molecule has 1 N–H and O–H groups in total. The maximum Gasteiger partial charge on any atom is 0.205 e. The van der Waals surface area contributed by atoms with Gasteiger partial charge in [0.1, 0.15) is 5.82 Å². The van der Waals surface area contributed by atoms with Gasteiger partial charge in [0, 0.05) is 63.3 Å². The van der Waals surface area contributed by atoms with Gasteiger partial charge in [0.15, 0.2) is 0 Å². The maximum absolute atomic E-state index is 4.66. The van der Waals surface area contributed by atoms with E-state index in [-0.39, 0.29) is 0 Å². The molecule has 1 aromatic heterocycles. The molecule has 3 heterocycles. The molecule has 3 rings (SSSR count). The summed E-state index contributed by atoms with van der Waals surface area (Å²) in [6, 6.07) is 0.709. The minimum atomic E-state index is 0.709. The highest BCUT2D eigenvalue weighted by Crippen LogP contribution is 2.25. The van der Waals surface area contributed by atoms with Gasteiger partial charge in [-0.2, -0.15) is 4.37 Å². The summed E-state index contributed by atoms with van der Waals surface area (Å²) < 4.78 is 4.45. The van der Waals surface area contributed by atoms with Gasteiger partial charge >= 0.3 is 0 Å². The Labute approximate surface area is 119 Å². The third-order valence-electron chi connectivity index (χ3n) is 4.03. The van der Waals surface area contributed by atoms with Crippen molar-refractivity contribution >= 4 is 16.7 Å². The molecule has 0 aromatic carbocycles. The summed E-state index contributed by atoms with van der Waals surface area (Å²) in [4.78, 5) is 9.71. The van der Waals surface area contributed by atoms with Crippen LogP contribution in [0.25, 0.3) is 0 Å². The number of hydrogen-bond acceptors (Lipinski definition) is 6. The number of aryl methyl sites for hydroxylation is 1. The van der Waals surface area contributed by atoms with Crippen LogP contribution in [0.2, 0.25) is 0 Å². The number of hydrogen-bond donors (Lipinski definition) is 1. The van der Waals surface area contributed by atoms with E-state index in [1.807, 2.05) is 0 Å². The Bertz CT molecular complexity index is 401. The lowest BCUT2D eigenvalue weighted by atomic mass is 10.2. The minimum absolute atomic E-state index is 0.709. The highest BCUT2D eigenvalue weighted by atomic mass is 32.1. The average molecular weight is 281 g/mol. The van der Waals surface area contributed by atoms with Crippen LogP contribution in [0.15, 0.2) is 0 Å². The molecule has 2 aliphatic heterocycles. The fraction of sp³-hybridized carbons (Fsp3) is 0.846.